The summed E-state index contributed by atoms with van der Waals surface area (Å²) in [4.78, 5) is 29.2. The second-order valence-electron chi connectivity index (χ2n) is 8.97. The molecule has 0 saturated heterocycles. The lowest BCUT2D eigenvalue weighted by molar-refractivity contribution is 0.0728. The molecule has 0 fully saturated rings. The van der Waals surface area contributed by atoms with E-state index in [2.05, 4.69) is 15.5 Å². The highest BCUT2D eigenvalue weighted by Crippen LogP contribution is 2.39. The molecule has 10 heteroatoms. The summed E-state index contributed by atoms with van der Waals surface area (Å²) < 4.78 is 16.7. The first-order valence-electron chi connectivity index (χ1n) is 12.9. The van der Waals surface area contributed by atoms with Crippen LogP contribution in [-0.4, -0.2) is 36.8 Å². The number of esters is 1. The monoisotopic (exact) mass is 601 g/mol. The molecule has 8 nitrogen and oxygen atoms in total. The molecule has 2 N–H and O–H groups in total. The minimum absolute atomic E-state index is 0.245. The summed E-state index contributed by atoms with van der Waals surface area (Å²) in [5, 5.41) is 5.94. The Morgan fingerprint density at radius 3 is 2.45 bits per heavy atom. The van der Waals surface area contributed by atoms with Crippen LogP contribution in [0.15, 0.2) is 90.0 Å². The number of ether oxygens (including phenoxy) is 3. The lowest BCUT2D eigenvalue weighted by atomic mass is 10.0. The number of para-hydroxylation sites is 1. The third-order valence-electron chi connectivity index (χ3n) is 6.32. The molecule has 0 radical (unpaired) electrons. The third kappa shape index (κ3) is 6.10. The van der Waals surface area contributed by atoms with Gasteiger partial charge < -0.3 is 19.2 Å². The van der Waals surface area contributed by atoms with E-state index in [0.29, 0.717) is 55.9 Å². The Balaban J connectivity index is 1.39. The van der Waals surface area contributed by atoms with E-state index in [-0.39, 0.29) is 11.4 Å². The maximum absolute atomic E-state index is 13.4. The van der Waals surface area contributed by atoms with Crippen molar-refractivity contribution in [2.75, 3.05) is 13.7 Å². The molecule has 1 amide bonds. The lowest BCUT2D eigenvalue weighted by Gasteiger charge is -2.11. The molecule has 0 unspecified atom stereocenters. The molecular formula is C32H25Cl2N3O5. The number of fused-ring (bicyclic) bond motifs is 1. The second-order valence-corrected chi connectivity index (χ2v) is 9.82. The van der Waals surface area contributed by atoms with E-state index in [1.54, 1.807) is 61.7 Å². The molecule has 0 spiro atoms. The maximum atomic E-state index is 13.4. The number of amides is 1. The van der Waals surface area contributed by atoms with Crippen molar-refractivity contribution in [1.29, 1.82) is 0 Å². The Bertz CT molecular complexity index is 1800. The number of aromatic nitrogens is 1. The molecule has 42 heavy (non-hydrogen) atoms. The van der Waals surface area contributed by atoms with Crippen LogP contribution in [0, 0.1) is 0 Å². The number of carbonyl (C=O) groups excluding carboxylic acids is 2. The van der Waals surface area contributed by atoms with Crippen molar-refractivity contribution in [2.45, 2.75) is 6.92 Å². The zero-order chi connectivity index (χ0) is 29.6. The minimum Gasteiger partial charge on any atom is -0.495 e. The standard InChI is InChI=1S/C32H25Cl2N3O5/c1-3-41-27-17-19(11-16-25(27)42-32(39)20-12-14-21(33)15-13-20)18-35-37-31(38)30-28(22-7-4-5-9-24(22)34)23-8-6-10-26(40-2)29(23)36-30/h4-18,36H,3H2,1-2H3,(H,37,38). The molecule has 5 aromatic rings. The van der Waals surface area contributed by atoms with Gasteiger partial charge in [0.05, 0.1) is 31.0 Å². The molecule has 0 bridgehead atoms. The Morgan fingerprint density at radius 2 is 1.71 bits per heavy atom. The van der Waals surface area contributed by atoms with Crippen LogP contribution < -0.4 is 19.6 Å². The number of nitrogens with one attached hydrogen (secondary N) is 2. The molecule has 0 atom stereocenters. The summed E-state index contributed by atoms with van der Waals surface area (Å²) in [6, 6.07) is 24.2. The van der Waals surface area contributed by atoms with E-state index in [0.717, 1.165) is 5.39 Å². The van der Waals surface area contributed by atoms with Crippen molar-refractivity contribution >= 4 is 52.2 Å². The van der Waals surface area contributed by atoms with Crippen LogP contribution in [0.1, 0.15) is 33.3 Å². The number of methoxy groups -OCH3 is 1. The number of hydrazone groups is 1. The van der Waals surface area contributed by atoms with Crippen LogP contribution >= 0.6 is 23.2 Å². The smallest absolute Gasteiger partial charge is 0.343 e. The van der Waals surface area contributed by atoms with Gasteiger partial charge in [0.2, 0.25) is 0 Å². The Morgan fingerprint density at radius 1 is 0.929 bits per heavy atom. The number of nitrogens with zero attached hydrogens (tertiary/aromatic N) is 1. The van der Waals surface area contributed by atoms with Gasteiger partial charge >= 0.3 is 5.97 Å². The largest absolute Gasteiger partial charge is 0.495 e. The first-order chi connectivity index (χ1) is 20.4. The molecule has 212 valence electrons. The van der Waals surface area contributed by atoms with E-state index >= 15 is 0 Å². The molecule has 0 aliphatic heterocycles. The number of aromatic amines is 1. The lowest BCUT2D eigenvalue weighted by Crippen LogP contribution is -2.19. The van der Waals surface area contributed by atoms with Gasteiger partial charge in [-0.05, 0) is 67.1 Å². The molecular weight excluding hydrogens is 577 g/mol. The van der Waals surface area contributed by atoms with Gasteiger partial charge in [-0.3, -0.25) is 4.79 Å². The van der Waals surface area contributed by atoms with Crippen molar-refractivity contribution < 1.29 is 23.8 Å². The predicted octanol–water partition coefficient (Wildman–Crippen LogP) is 7.53. The summed E-state index contributed by atoms with van der Waals surface area (Å²) in [7, 11) is 1.56. The average molecular weight is 602 g/mol. The van der Waals surface area contributed by atoms with Crippen LogP contribution in [0.3, 0.4) is 0 Å². The predicted molar refractivity (Wildman–Crippen MR) is 164 cm³/mol. The number of hydrogen-bond acceptors (Lipinski definition) is 6. The van der Waals surface area contributed by atoms with Crippen molar-refractivity contribution in [2.24, 2.45) is 5.10 Å². The van der Waals surface area contributed by atoms with Gasteiger partial charge in [-0.25, -0.2) is 10.2 Å². The van der Waals surface area contributed by atoms with Crippen LogP contribution in [0.4, 0.5) is 0 Å². The van der Waals surface area contributed by atoms with Crippen LogP contribution in [0.5, 0.6) is 17.2 Å². The van der Waals surface area contributed by atoms with Gasteiger partial charge in [0.15, 0.2) is 11.5 Å². The normalized spacial score (nSPS) is 11.0. The molecule has 1 heterocycles. The van der Waals surface area contributed by atoms with Crippen LogP contribution in [-0.2, 0) is 0 Å². The number of H-pyrrole nitrogens is 1. The number of halogens is 2. The number of benzene rings is 4. The maximum Gasteiger partial charge on any atom is 0.343 e. The van der Waals surface area contributed by atoms with Gasteiger partial charge in [-0.1, -0.05) is 53.5 Å². The van der Waals surface area contributed by atoms with E-state index in [4.69, 9.17) is 37.4 Å². The molecule has 0 aliphatic rings. The van der Waals surface area contributed by atoms with Gasteiger partial charge in [0.25, 0.3) is 5.91 Å². The summed E-state index contributed by atoms with van der Waals surface area (Å²) >= 11 is 12.4. The van der Waals surface area contributed by atoms with Gasteiger partial charge in [0, 0.05) is 26.6 Å². The molecule has 4 aromatic carbocycles. The van der Waals surface area contributed by atoms with Crippen molar-refractivity contribution in [1.82, 2.24) is 10.4 Å². The van der Waals surface area contributed by atoms with Crippen molar-refractivity contribution in [3.05, 3.63) is 112 Å². The second kappa shape index (κ2) is 12.8. The summed E-state index contributed by atoms with van der Waals surface area (Å²) in [5.41, 5.74) is 5.80. The summed E-state index contributed by atoms with van der Waals surface area (Å²) in [5.74, 6) is 0.153. The SMILES string of the molecule is CCOc1cc(C=NNC(=O)c2[nH]c3c(OC)cccc3c2-c2ccccc2Cl)ccc1OC(=O)c1ccc(Cl)cc1. The van der Waals surface area contributed by atoms with E-state index in [1.807, 2.05) is 37.3 Å². The minimum atomic E-state index is -0.550. The van der Waals surface area contributed by atoms with E-state index < -0.39 is 11.9 Å². The topological polar surface area (TPSA) is 102 Å². The summed E-state index contributed by atoms with van der Waals surface area (Å²) in [6.07, 6.45) is 1.46. The van der Waals surface area contributed by atoms with Crippen LogP contribution in [0.2, 0.25) is 10.0 Å². The first kappa shape index (κ1) is 28.7. The van der Waals surface area contributed by atoms with E-state index in [9.17, 15) is 9.59 Å². The van der Waals surface area contributed by atoms with Crippen molar-refractivity contribution in [3.8, 4) is 28.4 Å². The zero-order valence-electron chi connectivity index (χ0n) is 22.6. The number of carbonyl (C=O) groups is 2. The van der Waals surface area contributed by atoms with Gasteiger partial charge in [-0.2, -0.15) is 5.10 Å². The quantitative estimate of drug-likeness (QED) is 0.0786. The summed E-state index contributed by atoms with van der Waals surface area (Å²) in [6.45, 7) is 2.16. The van der Waals surface area contributed by atoms with Gasteiger partial charge in [-0.15, -0.1) is 0 Å². The molecule has 0 saturated carbocycles. The van der Waals surface area contributed by atoms with Gasteiger partial charge in [0.1, 0.15) is 11.4 Å². The average Bonchev–Trinajstić information content (AvgIpc) is 3.39. The number of hydrogen-bond donors (Lipinski definition) is 2. The Labute approximate surface area is 251 Å². The fourth-order valence-corrected chi connectivity index (χ4v) is 4.75. The fourth-order valence-electron chi connectivity index (χ4n) is 4.40. The third-order valence-corrected chi connectivity index (χ3v) is 6.90. The molecule has 0 aliphatic carbocycles. The van der Waals surface area contributed by atoms with Crippen LogP contribution in [0.25, 0.3) is 22.0 Å². The molecule has 5 rings (SSSR count). The Hall–Kier alpha value is -4.79. The first-order valence-corrected chi connectivity index (χ1v) is 13.7. The van der Waals surface area contributed by atoms with Crippen molar-refractivity contribution in [3.63, 3.8) is 0 Å². The highest BCUT2D eigenvalue weighted by atomic mass is 35.5. The highest BCUT2D eigenvalue weighted by Gasteiger charge is 2.22. The van der Waals surface area contributed by atoms with E-state index in [1.165, 1.54) is 6.21 Å². The fraction of sp³-hybridized carbons (Fsp3) is 0.0938. The molecule has 1 aromatic heterocycles. The highest BCUT2D eigenvalue weighted by molar-refractivity contribution is 6.34. The zero-order valence-corrected chi connectivity index (χ0v) is 24.1. The Kier molecular flexibility index (Phi) is 8.76. The number of rotatable bonds is 9.